The topological polar surface area (TPSA) is 123 Å². The minimum atomic E-state index is -0.600. The maximum Gasteiger partial charge on any atom is 0.343 e. The van der Waals surface area contributed by atoms with Crippen LogP contribution in [0.4, 0.5) is 5.69 Å². The molecule has 0 aliphatic carbocycles. The van der Waals surface area contributed by atoms with Crippen LogP contribution in [0.3, 0.4) is 0 Å². The number of benzene rings is 4. The van der Waals surface area contributed by atoms with Gasteiger partial charge >= 0.3 is 5.97 Å². The molecule has 206 valence electrons. The third-order valence-corrected chi connectivity index (χ3v) is 5.88. The van der Waals surface area contributed by atoms with Crippen molar-refractivity contribution in [3.8, 4) is 11.5 Å². The number of carbonyl (C=O) groups is 4. The van der Waals surface area contributed by atoms with Crippen molar-refractivity contribution in [2.75, 3.05) is 12.4 Å². The molecule has 0 saturated carbocycles. The first kappa shape index (κ1) is 28.3. The molecule has 9 heteroatoms. The largest absolute Gasteiger partial charge is 0.497 e. The highest BCUT2D eigenvalue weighted by Crippen LogP contribution is 2.21. The molecule has 0 heterocycles. The first-order chi connectivity index (χ1) is 19.8. The highest BCUT2D eigenvalue weighted by molar-refractivity contribution is 6.04. The normalized spacial score (nSPS) is 10.5. The molecule has 4 aromatic rings. The summed E-state index contributed by atoms with van der Waals surface area (Å²) in [6.45, 7) is 1.94. The van der Waals surface area contributed by atoms with E-state index in [9.17, 15) is 19.2 Å². The van der Waals surface area contributed by atoms with Gasteiger partial charge in [-0.2, -0.15) is 0 Å². The lowest BCUT2D eigenvalue weighted by atomic mass is 10.1. The predicted molar refractivity (Wildman–Crippen MR) is 155 cm³/mol. The molecule has 0 saturated heterocycles. The molecule has 41 heavy (non-hydrogen) atoms. The Morgan fingerprint density at radius 3 is 1.98 bits per heavy atom. The minimum absolute atomic E-state index is 0.260. The summed E-state index contributed by atoms with van der Waals surface area (Å²) in [5.41, 5.74) is 7.83. The van der Waals surface area contributed by atoms with Gasteiger partial charge in [-0.05, 0) is 79.7 Å². The summed E-state index contributed by atoms with van der Waals surface area (Å²) >= 11 is 0. The van der Waals surface area contributed by atoms with Crippen LogP contribution >= 0.6 is 0 Å². The Morgan fingerprint density at radius 2 is 1.29 bits per heavy atom. The number of methoxy groups -OCH3 is 1. The fourth-order valence-corrected chi connectivity index (χ4v) is 3.61. The number of para-hydroxylation sites is 1. The molecule has 4 rings (SSSR count). The number of hydrogen-bond donors (Lipinski definition) is 3. The van der Waals surface area contributed by atoms with Gasteiger partial charge in [-0.15, -0.1) is 0 Å². The second-order valence-corrected chi connectivity index (χ2v) is 8.83. The summed E-state index contributed by atoms with van der Waals surface area (Å²) in [6.07, 6.45) is 2.66. The number of rotatable bonds is 8. The first-order valence-corrected chi connectivity index (χ1v) is 12.5. The van der Waals surface area contributed by atoms with E-state index in [4.69, 9.17) is 9.47 Å². The Kier molecular flexibility index (Phi) is 9.25. The van der Waals surface area contributed by atoms with Crippen LogP contribution in [-0.2, 0) is 4.79 Å². The third kappa shape index (κ3) is 7.90. The zero-order chi connectivity index (χ0) is 29.2. The van der Waals surface area contributed by atoms with Crippen LogP contribution < -0.4 is 25.6 Å². The third-order valence-electron chi connectivity index (χ3n) is 5.88. The molecule has 4 aromatic carbocycles. The van der Waals surface area contributed by atoms with Crippen molar-refractivity contribution < 1.29 is 28.7 Å². The molecule has 0 radical (unpaired) electrons. The van der Waals surface area contributed by atoms with Crippen molar-refractivity contribution in [2.24, 2.45) is 0 Å². The zero-order valence-electron chi connectivity index (χ0n) is 22.3. The van der Waals surface area contributed by atoms with E-state index in [0.717, 1.165) is 5.56 Å². The van der Waals surface area contributed by atoms with Crippen LogP contribution in [0.25, 0.3) is 6.08 Å². The summed E-state index contributed by atoms with van der Waals surface area (Å²) in [6, 6.07) is 26.6. The number of anilines is 1. The van der Waals surface area contributed by atoms with E-state index < -0.39 is 17.8 Å². The predicted octanol–water partition coefficient (Wildman–Crippen LogP) is 4.95. The molecule has 0 fully saturated rings. The van der Waals surface area contributed by atoms with Crippen molar-refractivity contribution in [3.05, 3.63) is 131 Å². The summed E-state index contributed by atoms with van der Waals surface area (Å²) in [4.78, 5) is 49.7. The number of aryl methyl sites for hydroxylation is 1. The quantitative estimate of drug-likeness (QED) is 0.124. The first-order valence-electron chi connectivity index (χ1n) is 12.5. The number of amides is 3. The lowest BCUT2D eigenvalue weighted by Crippen LogP contribution is -2.40. The molecular weight excluding hydrogens is 522 g/mol. The standard InChI is InChI=1S/C32H27N3O6/c1-21-7-9-23(10-8-21)30(37)33-26-16-11-24(12-17-26)31(38)35-34-29(36)20-15-22-5-3-4-6-28(22)41-32(39)25-13-18-27(40-2)19-14-25/h3-20H,1-2H3,(H,33,37)(H,34,36)(H,35,38)/b20-15+. The molecule has 0 unspecified atom stereocenters. The van der Waals surface area contributed by atoms with Crippen molar-refractivity contribution in [2.45, 2.75) is 6.92 Å². The fraction of sp³-hybridized carbons (Fsp3) is 0.0625. The number of carbonyl (C=O) groups excluding carboxylic acids is 4. The van der Waals surface area contributed by atoms with Crippen LogP contribution in [0.5, 0.6) is 11.5 Å². The van der Waals surface area contributed by atoms with Gasteiger partial charge in [0, 0.05) is 28.5 Å². The lowest BCUT2D eigenvalue weighted by molar-refractivity contribution is -0.117. The summed E-state index contributed by atoms with van der Waals surface area (Å²) < 4.78 is 10.6. The molecule has 3 amide bonds. The molecule has 0 spiro atoms. The van der Waals surface area contributed by atoms with Crippen LogP contribution in [0.2, 0.25) is 0 Å². The molecule has 0 aliphatic heterocycles. The molecule has 9 nitrogen and oxygen atoms in total. The van der Waals surface area contributed by atoms with Crippen LogP contribution in [0.1, 0.15) is 42.2 Å². The van der Waals surface area contributed by atoms with Crippen molar-refractivity contribution in [1.82, 2.24) is 10.9 Å². The van der Waals surface area contributed by atoms with Crippen LogP contribution in [0.15, 0.2) is 103 Å². The second-order valence-electron chi connectivity index (χ2n) is 8.83. The van der Waals surface area contributed by atoms with E-state index in [-0.39, 0.29) is 17.2 Å². The van der Waals surface area contributed by atoms with Crippen LogP contribution in [-0.4, -0.2) is 30.8 Å². The van der Waals surface area contributed by atoms with E-state index in [0.29, 0.717) is 28.1 Å². The Labute approximate surface area is 236 Å². The Morgan fingerprint density at radius 1 is 0.683 bits per heavy atom. The highest BCUT2D eigenvalue weighted by Gasteiger charge is 2.12. The van der Waals surface area contributed by atoms with Gasteiger partial charge in [0.25, 0.3) is 17.7 Å². The van der Waals surface area contributed by atoms with Gasteiger partial charge in [0.05, 0.1) is 12.7 Å². The van der Waals surface area contributed by atoms with Crippen molar-refractivity contribution >= 4 is 35.5 Å². The molecule has 0 atom stereocenters. The Balaban J connectivity index is 1.29. The van der Waals surface area contributed by atoms with E-state index in [1.165, 1.54) is 31.4 Å². The van der Waals surface area contributed by atoms with E-state index in [1.807, 2.05) is 19.1 Å². The molecule has 0 aromatic heterocycles. The summed E-state index contributed by atoms with van der Waals surface area (Å²) in [5.74, 6) is -1.10. The Bertz CT molecular complexity index is 1580. The zero-order valence-corrected chi connectivity index (χ0v) is 22.3. The van der Waals surface area contributed by atoms with E-state index in [2.05, 4.69) is 16.2 Å². The molecular formula is C32H27N3O6. The molecule has 0 aliphatic rings. The van der Waals surface area contributed by atoms with Gasteiger partial charge < -0.3 is 14.8 Å². The lowest BCUT2D eigenvalue weighted by Gasteiger charge is -2.09. The fourth-order valence-electron chi connectivity index (χ4n) is 3.61. The van der Waals surface area contributed by atoms with Gasteiger partial charge in [-0.3, -0.25) is 25.2 Å². The average Bonchev–Trinajstić information content (AvgIpc) is 3.00. The van der Waals surface area contributed by atoms with Gasteiger partial charge in [0.15, 0.2) is 0 Å². The summed E-state index contributed by atoms with van der Waals surface area (Å²) in [5, 5.41) is 2.77. The summed E-state index contributed by atoms with van der Waals surface area (Å²) in [7, 11) is 1.53. The highest BCUT2D eigenvalue weighted by atomic mass is 16.5. The van der Waals surface area contributed by atoms with Gasteiger partial charge in [-0.25, -0.2) is 4.79 Å². The van der Waals surface area contributed by atoms with Crippen molar-refractivity contribution in [1.29, 1.82) is 0 Å². The van der Waals surface area contributed by atoms with Crippen LogP contribution in [0, 0.1) is 6.92 Å². The second kappa shape index (κ2) is 13.4. The van der Waals surface area contributed by atoms with Gasteiger partial charge in [-0.1, -0.05) is 35.9 Å². The van der Waals surface area contributed by atoms with Crippen molar-refractivity contribution in [3.63, 3.8) is 0 Å². The number of hydrazine groups is 1. The average molecular weight is 550 g/mol. The van der Waals surface area contributed by atoms with E-state index in [1.54, 1.807) is 72.8 Å². The van der Waals surface area contributed by atoms with Gasteiger partial charge in [0.1, 0.15) is 11.5 Å². The smallest absolute Gasteiger partial charge is 0.343 e. The number of esters is 1. The molecule has 0 bridgehead atoms. The number of ether oxygens (including phenoxy) is 2. The maximum atomic E-state index is 12.5. The number of nitrogens with one attached hydrogen (secondary N) is 3. The molecule has 3 N–H and O–H groups in total. The maximum absolute atomic E-state index is 12.5. The number of hydrogen-bond acceptors (Lipinski definition) is 6. The minimum Gasteiger partial charge on any atom is -0.497 e. The van der Waals surface area contributed by atoms with E-state index >= 15 is 0 Å². The monoisotopic (exact) mass is 549 g/mol. The SMILES string of the molecule is COc1ccc(C(=O)Oc2ccccc2/C=C/C(=O)NNC(=O)c2ccc(NC(=O)c3ccc(C)cc3)cc2)cc1. The van der Waals surface area contributed by atoms with Gasteiger partial charge in [0.2, 0.25) is 0 Å². The Hall–Kier alpha value is -5.70.